The number of hydrogen-bond acceptors (Lipinski definition) is 7. The van der Waals surface area contributed by atoms with Crippen molar-refractivity contribution in [1.82, 2.24) is 9.88 Å². The van der Waals surface area contributed by atoms with Gasteiger partial charge in [0.15, 0.2) is 5.13 Å². The van der Waals surface area contributed by atoms with E-state index in [1.54, 1.807) is 42.5 Å². The topological polar surface area (TPSA) is 74.8 Å². The maximum atomic E-state index is 12.2. The van der Waals surface area contributed by atoms with Crippen LogP contribution in [0.15, 0.2) is 35.8 Å². The zero-order valence-corrected chi connectivity index (χ0v) is 15.5. The lowest BCUT2D eigenvalue weighted by atomic mass is 10.2. The summed E-state index contributed by atoms with van der Waals surface area (Å²) >= 11 is 1.64. The molecule has 0 aliphatic carbocycles. The molecule has 1 aromatic carbocycles. The summed E-state index contributed by atoms with van der Waals surface area (Å²) in [6.07, 6.45) is 1.81. The van der Waals surface area contributed by atoms with Gasteiger partial charge in [-0.3, -0.25) is 9.69 Å². The van der Waals surface area contributed by atoms with Crippen molar-refractivity contribution in [3.05, 3.63) is 41.4 Å². The molecule has 0 saturated carbocycles. The third-order valence-electron chi connectivity index (χ3n) is 4.11. The molecule has 26 heavy (non-hydrogen) atoms. The molecular weight excluding hydrogens is 352 g/mol. The quantitative estimate of drug-likeness (QED) is 0.781. The van der Waals surface area contributed by atoms with Crippen LogP contribution in [0.5, 0.6) is 0 Å². The van der Waals surface area contributed by atoms with E-state index < -0.39 is 0 Å². The number of benzene rings is 1. The molecule has 1 aliphatic rings. The first-order valence-electron chi connectivity index (χ1n) is 8.59. The second-order valence-corrected chi connectivity index (χ2v) is 6.80. The molecule has 1 aliphatic heterocycles. The van der Waals surface area contributed by atoms with Crippen LogP contribution in [0.2, 0.25) is 0 Å². The fraction of sp³-hybridized carbons (Fsp3) is 0.389. The van der Waals surface area contributed by atoms with Crippen molar-refractivity contribution in [2.75, 3.05) is 49.5 Å². The van der Waals surface area contributed by atoms with Gasteiger partial charge in [-0.1, -0.05) is 0 Å². The summed E-state index contributed by atoms with van der Waals surface area (Å²) in [5.41, 5.74) is 1.15. The molecule has 0 radical (unpaired) electrons. The predicted molar refractivity (Wildman–Crippen MR) is 102 cm³/mol. The number of aromatic nitrogens is 1. The number of piperazine rings is 1. The highest BCUT2D eigenvalue weighted by Gasteiger charge is 2.20. The Morgan fingerprint density at radius 1 is 1.19 bits per heavy atom. The first-order chi connectivity index (χ1) is 12.7. The standard InChI is InChI=1S/C18H22N4O3S/c1-2-25-17(24)14-3-5-15(6-4-14)20-16(23)13-21-8-10-22(11-9-21)18-19-7-12-26-18/h3-7,12H,2,8-11,13H2,1H3,(H,20,23). The van der Waals surface area contributed by atoms with Crippen LogP contribution in [0.4, 0.5) is 10.8 Å². The molecule has 1 fully saturated rings. The van der Waals surface area contributed by atoms with E-state index in [0.717, 1.165) is 31.3 Å². The predicted octanol–water partition coefficient (Wildman–Crippen LogP) is 2.08. The fourth-order valence-corrected chi connectivity index (χ4v) is 3.47. The molecule has 0 spiro atoms. The highest BCUT2D eigenvalue weighted by molar-refractivity contribution is 7.13. The molecule has 1 amide bonds. The van der Waals surface area contributed by atoms with E-state index in [9.17, 15) is 9.59 Å². The Kier molecular flexibility index (Phi) is 6.19. The molecule has 138 valence electrons. The molecule has 7 nitrogen and oxygen atoms in total. The molecule has 0 unspecified atom stereocenters. The zero-order valence-electron chi connectivity index (χ0n) is 14.7. The average Bonchev–Trinajstić information content (AvgIpc) is 3.18. The first-order valence-corrected chi connectivity index (χ1v) is 9.47. The van der Waals surface area contributed by atoms with Gasteiger partial charge in [0.1, 0.15) is 0 Å². The minimum atomic E-state index is -0.358. The monoisotopic (exact) mass is 374 g/mol. The first kappa shape index (κ1) is 18.3. The van der Waals surface area contributed by atoms with E-state index in [-0.39, 0.29) is 11.9 Å². The number of amides is 1. The Bertz CT molecular complexity index is 725. The van der Waals surface area contributed by atoms with Crippen molar-refractivity contribution < 1.29 is 14.3 Å². The van der Waals surface area contributed by atoms with Gasteiger partial charge in [-0.2, -0.15) is 0 Å². The number of hydrogen-bond donors (Lipinski definition) is 1. The summed E-state index contributed by atoms with van der Waals surface area (Å²) in [7, 11) is 0. The summed E-state index contributed by atoms with van der Waals surface area (Å²) in [5.74, 6) is -0.417. The van der Waals surface area contributed by atoms with E-state index in [4.69, 9.17) is 4.74 Å². The van der Waals surface area contributed by atoms with Crippen molar-refractivity contribution >= 4 is 34.0 Å². The van der Waals surface area contributed by atoms with Crippen LogP contribution in [-0.2, 0) is 9.53 Å². The number of nitrogens with one attached hydrogen (secondary N) is 1. The van der Waals surface area contributed by atoms with Crippen molar-refractivity contribution in [3.63, 3.8) is 0 Å². The number of esters is 1. The van der Waals surface area contributed by atoms with Crippen LogP contribution in [0, 0.1) is 0 Å². The number of ether oxygens (including phenoxy) is 1. The lowest BCUT2D eigenvalue weighted by Crippen LogP contribution is -2.48. The summed E-state index contributed by atoms with van der Waals surface area (Å²) in [6, 6.07) is 6.73. The third-order valence-corrected chi connectivity index (χ3v) is 4.94. The van der Waals surface area contributed by atoms with Crippen LogP contribution >= 0.6 is 11.3 Å². The number of anilines is 2. The summed E-state index contributed by atoms with van der Waals surface area (Å²) in [6.45, 7) is 5.86. The Morgan fingerprint density at radius 3 is 2.54 bits per heavy atom. The average molecular weight is 374 g/mol. The number of carbonyl (C=O) groups is 2. The maximum absolute atomic E-state index is 12.2. The van der Waals surface area contributed by atoms with Gasteiger partial charge >= 0.3 is 5.97 Å². The molecule has 0 atom stereocenters. The zero-order chi connectivity index (χ0) is 18.4. The maximum Gasteiger partial charge on any atom is 0.338 e. The van der Waals surface area contributed by atoms with Crippen molar-refractivity contribution in [2.45, 2.75) is 6.92 Å². The Balaban J connectivity index is 1.45. The number of nitrogens with zero attached hydrogens (tertiary/aromatic N) is 3. The Morgan fingerprint density at radius 2 is 1.92 bits per heavy atom. The smallest absolute Gasteiger partial charge is 0.338 e. The lowest BCUT2D eigenvalue weighted by Gasteiger charge is -2.34. The normalized spacial score (nSPS) is 14.9. The van der Waals surface area contributed by atoms with Gasteiger partial charge in [-0.05, 0) is 31.2 Å². The minimum absolute atomic E-state index is 0.0587. The fourth-order valence-electron chi connectivity index (χ4n) is 2.78. The van der Waals surface area contributed by atoms with Gasteiger partial charge in [0.05, 0.1) is 18.7 Å². The molecule has 1 saturated heterocycles. The minimum Gasteiger partial charge on any atom is -0.462 e. The van der Waals surface area contributed by atoms with Crippen molar-refractivity contribution in [1.29, 1.82) is 0 Å². The van der Waals surface area contributed by atoms with Gasteiger partial charge in [-0.15, -0.1) is 11.3 Å². The van der Waals surface area contributed by atoms with E-state index in [1.807, 2.05) is 11.6 Å². The molecule has 2 aromatic rings. The van der Waals surface area contributed by atoms with E-state index in [0.29, 0.717) is 24.4 Å². The lowest BCUT2D eigenvalue weighted by molar-refractivity contribution is -0.117. The van der Waals surface area contributed by atoms with Crippen LogP contribution in [0.3, 0.4) is 0 Å². The largest absolute Gasteiger partial charge is 0.462 e. The summed E-state index contributed by atoms with van der Waals surface area (Å²) < 4.78 is 4.94. The number of rotatable bonds is 6. The molecular formula is C18H22N4O3S. The van der Waals surface area contributed by atoms with Crippen LogP contribution in [0.1, 0.15) is 17.3 Å². The molecule has 1 N–H and O–H groups in total. The van der Waals surface area contributed by atoms with Crippen molar-refractivity contribution in [3.8, 4) is 0 Å². The second kappa shape index (κ2) is 8.77. The van der Waals surface area contributed by atoms with E-state index >= 15 is 0 Å². The van der Waals surface area contributed by atoms with Crippen molar-refractivity contribution in [2.24, 2.45) is 0 Å². The number of carbonyl (C=O) groups excluding carboxylic acids is 2. The van der Waals surface area contributed by atoms with Crippen LogP contribution in [0.25, 0.3) is 0 Å². The molecule has 2 heterocycles. The third kappa shape index (κ3) is 4.80. The van der Waals surface area contributed by atoms with Crippen LogP contribution in [-0.4, -0.2) is 61.1 Å². The highest BCUT2D eigenvalue weighted by atomic mass is 32.1. The second-order valence-electron chi connectivity index (χ2n) is 5.92. The summed E-state index contributed by atoms with van der Waals surface area (Å²) in [5, 5.41) is 5.88. The van der Waals surface area contributed by atoms with Gasteiger partial charge in [0, 0.05) is 43.4 Å². The van der Waals surface area contributed by atoms with E-state index in [1.165, 1.54) is 0 Å². The van der Waals surface area contributed by atoms with Gasteiger partial charge < -0.3 is 15.0 Å². The Hall–Kier alpha value is -2.45. The van der Waals surface area contributed by atoms with E-state index in [2.05, 4.69) is 20.1 Å². The van der Waals surface area contributed by atoms with Gasteiger partial charge in [-0.25, -0.2) is 9.78 Å². The van der Waals surface area contributed by atoms with Gasteiger partial charge in [0.2, 0.25) is 5.91 Å². The summed E-state index contributed by atoms with van der Waals surface area (Å²) in [4.78, 5) is 32.6. The Labute approximate surface area is 156 Å². The molecule has 0 bridgehead atoms. The van der Waals surface area contributed by atoms with Gasteiger partial charge in [0.25, 0.3) is 0 Å². The highest BCUT2D eigenvalue weighted by Crippen LogP contribution is 2.19. The molecule has 1 aromatic heterocycles. The molecule has 3 rings (SSSR count). The number of thiazole rings is 1. The molecule has 8 heteroatoms. The van der Waals surface area contributed by atoms with Crippen LogP contribution < -0.4 is 10.2 Å². The SMILES string of the molecule is CCOC(=O)c1ccc(NC(=O)CN2CCN(c3nccs3)CC2)cc1.